The van der Waals surface area contributed by atoms with Crippen molar-refractivity contribution in [2.45, 2.75) is 76.8 Å². The molecule has 2 aromatic carbocycles. The molecule has 7 rings (SSSR count). The van der Waals surface area contributed by atoms with Gasteiger partial charge in [-0.2, -0.15) is 9.67 Å². The van der Waals surface area contributed by atoms with Crippen LogP contribution in [0.15, 0.2) is 48.5 Å². The van der Waals surface area contributed by atoms with Crippen molar-refractivity contribution in [3.05, 3.63) is 70.8 Å². The lowest BCUT2D eigenvalue weighted by molar-refractivity contribution is 0.327. The summed E-state index contributed by atoms with van der Waals surface area (Å²) in [5.41, 5.74) is 14.7. The Bertz CT molecular complexity index is 1490. The molecule has 1 atom stereocenters. The van der Waals surface area contributed by atoms with Crippen molar-refractivity contribution in [3.63, 3.8) is 0 Å². The minimum Gasteiger partial charge on any atom is -0.368 e. The number of hydrogen-bond acceptors (Lipinski definition) is 7. The molecule has 4 aromatic rings. The smallest absolute Gasteiger partial charge is 0.248 e. The number of nitrogen functional groups attached to an aromatic ring is 1. The van der Waals surface area contributed by atoms with Gasteiger partial charge in [-0.15, -0.1) is 15.3 Å². The monoisotopic (exact) mass is 520 g/mol. The molecule has 8 heteroatoms. The summed E-state index contributed by atoms with van der Waals surface area (Å²) in [7, 11) is 0. The second kappa shape index (κ2) is 10.4. The average molecular weight is 521 g/mol. The van der Waals surface area contributed by atoms with Crippen LogP contribution < -0.4 is 16.4 Å². The Hall–Kier alpha value is -3.78. The highest BCUT2D eigenvalue weighted by Gasteiger charge is 2.26. The van der Waals surface area contributed by atoms with E-state index in [4.69, 9.17) is 5.73 Å². The van der Waals surface area contributed by atoms with E-state index in [2.05, 4.69) is 79.4 Å². The van der Waals surface area contributed by atoms with Crippen molar-refractivity contribution in [2.24, 2.45) is 5.92 Å². The van der Waals surface area contributed by atoms with Crippen molar-refractivity contribution in [1.29, 1.82) is 0 Å². The molecule has 1 fully saturated rings. The number of fused-ring (bicyclic) bond motifs is 4. The predicted molar refractivity (Wildman–Crippen MR) is 154 cm³/mol. The highest BCUT2D eigenvalue weighted by molar-refractivity contribution is 5.68. The van der Waals surface area contributed by atoms with Crippen LogP contribution in [0.25, 0.3) is 17.1 Å². The molecular weight excluding hydrogens is 484 g/mol. The largest absolute Gasteiger partial charge is 0.368 e. The Balaban J connectivity index is 1.09. The summed E-state index contributed by atoms with van der Waals surface area (Å²) in [6.45, 7) is 0.943. The van der Waals surface area contributed by atoms with Crippen molar-refractivity contribution in [3.8, 4) is 17.1 Å². The van der Waals surface area contributed by atoms with Gasteiger partial charge in [0.15, 0.2) is 5.82 Å². The summed E-state index contributed by atoms with van der Waals surface area (Å²) in [5, 5.41) is 21.0. The molecule has 1 unspecified atom stereocenters. The number of aromatic nitrogens is 5. The number of nitrogens with one attached hydrogen (secondary N) is 2. The van der Waals surface area contributed by atoms with Crippen molar-refractivity contribution < 1.29 is 0 Å². The molecule has 3 heterocycles. The molecule has 2 aliphatic carbocycles. The fraction of sp³-hybridized carbons (Fsp3) is 0.419. The van der Waals surface area contributed by atoms with Crippen molar-refractivity contribution in [2.75, 3.05) is 11.1 Å². The molecule has 0 bridgehead atoms. The van der Waals surface area contributed by atoms with E-state index in [1.54, 1.807) is 4.68 Å². The van der Waals surface area contributed by atoms with Gasteiger partial charge >= 0.3 is 0 Å². The summed E-state index contributed by atoms with van der Waals surface area (Å²) in [6.07, 6.45) is 12.2. The molecule has 1 saturated carbocycles. The Morgan fingerprint density at radius 2 is 1.67 bits per heavy atom. The summed E-state index contributed by atoms with van der Waals surface area (Å²) in [4.78, 5) is 4.49. The minimum atomic E-state index is 0.286. The van der Waals surface area contributed by atoms with E-state index in [0.717, 1.165) is 49.5 Å². The van der Waals surface area contributed by atoms with E-state index < -0.39 is 0 Å². The zero-order valence-electron chi connectivity index (χ0n) is 22.4. The molecular formula is C31H36N8. The first-order chi connectivity index (χ1) is 19.2. The summed E-state index contributed by atoms with van der Waals surface area (Å²) < 4.78 is 1.58. The number of nitrogens with zero attached hydrogens (tertiary/aromatic N) is 5. The average Bonchev–Trinajstić information content (AvgIpc) is 3.56. The van der Waals surface area contributed by atoms with Crippen molar-refractivity contribution in [1.82, 2.24) is 30.3 Å². The first kappa shape index (κ1) is 24.3. The molecule has 2 aromatic heterocycles. The fourth-order valence-electron chi connectivity index (χ4n) is 6.78. The van der Waals surface area contributed by atoms with Crippen molar-refractivity contribution >= 4 is 17.6 Å². The molecule has 0 amide bonds. The van der Waals surface area contributed by atoms with Crippen LogP contribution in [0.3, 0.4) is 0 Å². The van der Waals surface area contributed by atoms with Crippen LogP contribution in [-0.2, 0) is 25.8 Å². The first-order valence-electron chi connectivity index (χ1n) is 14.5. The predicted octanol–water partition coefficient (Wildman–Crippen LogP) is 5.52. The van der Waals surface area contributed by atoms with Gasteiger partial charge in [-0.3, -0.25) is 0 Å². The van der Waals surface area contributed by atoms with E-state index in [0.29, 0.717) is 17.8 Å². The number of benzene rings is 2. The highest BCUT2D eigenvalue weighted by atomic mass is 15.4. The van der Waals surface area contributed by atoms with Gasteiger partial charge in [-0.05, 0) is 97.7 Å². The Morgan fingerprint density at radius 1 is 0.821 bits per heavy atom. The zero-order chi connectivity index (χ0) is 26.2. The van der Waals surface area contributed by atoms with Gasteiger partial charge in [-0.25, -0.2) is 0 Å². The van der Waals surface area contributed by atoms with Gasteiger partial charge in [0.25, 0.3) is 0 Å². The third kappa shape index (κ3) is 4.89. The molecule has 200 valence electrons. The van der Waals surface area contributed by atoms with Crippen LogP contribution in [0, 0.1) is 5.92 Å². The molecule has 3 aliphatic rings. The molecule has 0 saturated heterocycles. The fourth-order valence-corrected chi connectivity index (χ4v) is 6.78. The number of anilines is 3. The second-order valence-electron chi connectivity index (χ2n) is 11.3. The number of rotatable bonds is 4. The maximum absolute atomic E-state index is 6.30. The molecule has 1 aliphatic heterocycles. The number of nitrogens with two attached hydrogens (primary N) is 1. The maximum atomic E-state index is 6.30. The lowest BCUT2D eigenvalue weighted by atomic mass is 9.89. The number of aryl methyl sites for hydroxylation is 3. The van der Waals surface area contributed by atoms with Crippen LogP contribution in [0.1, 0.15) is 67.2 Å². The second-order valence-corrected chi connectivity index (χ2v) is 11.3. The quantitative estimate of drug-likeness (QED) is 0.325. The Labute approximate surface area is 229 Å². The minimum absolute atomic E-state index is 0.286. The molecule has 0 radical (unpaired) electrons. The van der Waals surface area contributed by atoms with Gasteiger partial charge < -0.3 is 16.4 Å². The van der Waals surface area contributed by atoms with Gasteiger partial charge in [0.05, 0.1) is 5.69 Å². The Kier molecular flexibility index (Phi) is 6.48. The lowest BCUT2D eigenvalue weighted by Crippen LogP contribution is -2.36. The maximum Gasteiger partial charge on any atom is 0.248 e. The normalized spacial score (nSPS) is 19.3. The standard InChI is InChI=1S/C31H36N8/c32-30-35-31(34-25-16-15-24-19-33-27(21-8-1-2-9-21)14-6-11-22(24)17-25)38-39(30)28-18-23-12-5-10-20-7-3-4-13-26(20)29(23)37-36-28/h3-4,7,13,15-18,21,27,33H,1-2,5-6,8-12,14,19H2,(H3,32,34,35,38). The van der Waals surface area contributed by atoms with Crippen LogP contribution >= 0.6 is 0 Å². The lowest BCUT2D eigenvalue weighted by Gasteiger charge is -2.28. The van der Waals surface area contributed by atoms with E-state index in [1.807, 2.05) is 0 Å². The third-order valence-electron chi connectivity index (χ3n) is 8.82. The summed E-state index contributed by atoms with van der Waals surface area (Å²) in [5.74, 6) is 2.19. The van der Waals surface area contributed by atoms with E-state index in [-0.39, 0.29) is 5.95 Å². The van der Waals surface area contributed by atoms with Crippen LogP contribution in [0.2, 0.25) is 0 Å². The van der Waals surface area contributed by atoms with Gasteiger partial charge in [0.2, 0.25) is 11.9 Å². The van der Waals surface area contributed by atoms with E-state index in [9.17, 15) is 0 Å². The highest BCUT2D eigenvalue weighted by Crippen LogP contribution is 2.33. The summed E-state index contributed by atoms with van der Waals surface area (Å²) in [6, 6.07) is 17.8. The Morgan fingerprint density at radius 3 is 2.59 bits per heavy atom. The van der Waals surface area contributed by atoms with Gasteiger partial charge in [0.1, 0.15) is 0 Å². The number of hydrogen-bond donors (Lipinski definition) is 3. The first-order valence-corrected chi connectivity index (χ1v) is 14.5. The topological polar surface area (TPSA) is 107 Å². The van der Waals surface area contributed by atoms with Crippen LogP contribution in [-0.4, -0.2) is 31.0 Å². The zero-order valence-corrected chi connectivity index (χ0v) is 22.4. The molecule has 39 heavy (non-hydrogen) atoms. The van der Waals surface area contributed by atoms with Gasteiger partial charge in [-0.1, -0.05) is 43.2 Å². The SMILES string of the molecule is Nc1nc(Nc2ccc3c(c2)CCCC(C2CCCC2)NC3)nn1-c1cc2c(nn1)-c1ccccc1CCC2. The molecule has 0 spiro atoms. The van der Waals surface area contributed by atoms with E-state index >= 15 is 0 Å². The van der Waals surface area contributed by atoms with E-state index in [1.165, 1.54) is 66.3 Å². The van der Waals surface area contributed by atoms with Crippen LogP contribution in [0.4, 0.5) is 17.6 Å². The molecule has 8 nitrogen and oxygen atoms in total. The summed E-state index contributed by atoms with van der Waals surface area (Å²) >= 11 is 0. The third-order valence-corrected chi connectivity index (χ3v) is 8.82. The van der Waals surface area contributed by atoms with Gasteiger partial charge in [0, 0.05) is 23.8 Å². The molecule has 4 N–H and O–H groups in total. The van der Waals surface area contributed by atoms with Crippen LogP contribution in [0.5, 0.6) is 0 Å².